The zero-order valence-electron chi connectivity index (χ0n) is 25.7. The minimum Gasteiger partial charge on any atom is -0.410 e. The Labute approximate surface area is 226 Å². The summed E-state index contributed by atoms with van der Waals surface area (Å²) in [4.78, 5) is 4.99. The summed E-state index contributed by atoms with van der Waals surface area (Å²) in [5.41, 5.74) is 0. The summed E-state index contributed by atoms with van der Waals surface area (Å²) in [6.07, 6.45) is -0.0537. The Morgan fingerprint density at radius 2 is 1.08 bits per heavy atom. The molecule has 0 aliphatic heterocycles. The van der Waals surface area contributed by atoms with E-state index in [9.17, 15) is 4.57 Å². The maximum Gasteiger partial charge on any atom is 0.455 e. The van der Waals surface area contributed by atoms with Crippen LogP contribution in [0, 0.1) is 0 Å². The molecule has 3 atom stereocenters. The molecule has 216 valence electrons. The predicted molar refractivity (Wildman–Crippen MR) is 163 cm³/mol. The summed E-state index contributed by atoms with van der Waals surface area (Å²) >= 11 is 0. The van der Waals surface area contributed by atoms with Gasteiger partial charge in [0.15, 0.2) is 41.6 Å². The van der Waals surface area contributed by atoms with Crippen LogP contribution in [0.1, 0.15) is 0 Å². The molecule has 0 aromatic carbocycles. The van der Waals surface area contributed by atoms with Gasteiger partial charge in [0, 0.05) is 0 Å². The van der Waals surface area contributed by atoms with Crippen molar-refractivity contribution in [1.29, 1.82) is 0 Å². The lowest BCUT2D eigenvalue weighted by molar-refractivity contribution is -0.0304. The van der Waals surface area contributed by atoms with Gasteiger partial charge in [0.1, 0.15) is 19.3 Å². The van der Waals surface area contributed by atoms with E-state index in [4.69, 9.17) is 31.1 Å². The van der Waals surface area contributed by atoms with Crippen LogP contribution >= 0.6 is 7.82 Å². The first-order chi connectivity index (χ1) is 15.7. The first-order valence-corrected chi connectivity index (χ1v) is 31.0. The largest absolute Gasteiger partial charge is 0.455 e. The Kier molecular flexibility index (Phi) is 14.0. The van der Waals surface area contributed by atoms with Crippen molar-refractivity contribution in [3.05, 3.63) is 0 Å². The quantitative estimate of drug-likeness (QED) is 0.0736. The van der Waals surface area contributed by atoms with E-state index in [0.29, 0.717) is 0 Å². The van der Waals surface area contributed by atoms with Gasteiger partial charge >= 0.3 is 7.82 Å². The van der Waals surface area contributed by atoms with Crippen LogP contribution in [-0.4, -0.2) is 79.8 Å². The zero-order valence-corrected chi connectivity index (χ0v) is 31.6. The van der Waals surface area contributed by atoms with Gasteiger partial charge in [-0.05, 0) is 98.2 Å². The van der Waals surface area contributed by atoms with Crippen LogP contribution in [0.3, 0.4) is 0 Å². The summed E-state index contributed by atoms with van der Waals surface area (Å²) < 4.78 is 51.7. The second-order valence-electron chi connectivity index (χ2n) is 13.7. The number of hydrogen-bond acceptors (Lipinski definition) is 9. The first-order valence-electron chi connectivity index (χ1n) is 12.5. The molecule has 0 radical (unpaired) electrons. The molecule has 15 heteroatoms. The lowest BCUT2D eigenvalue weighted by Crippen LogP contribution is -2.55. The summed E-state index contributed by atoms with van der Waals surface area (Å²) in [5, 5.41) is 4.02. The van der Waals surface area contributed by atoms with E-state index in [1.54, 1.807) is 6.21 Å². The highest BCUT2D eigenvalue weighted by molar-refractivity contribution is 7.52. The lowest BCUT2D eigenvalue weighted by Gasteiger charge is -2.41. The van der Waals surface area contributed by atoms with E-state index >= 15 is 0 Å². The van der Waals surface area contributed by atoms with Crippen molar-refractivity contribution in [2.45, 2.75) is 117 Å². The van der Waals surface area contributed by atoms with Crippen LogP contribution in [0.25, 0.3) is 0 Å². The van der Waals surface area contributed by atoms with Gasteiger partial charge < -0.3 is 26.5 Å². The third-order valence-corrected chi connectivity index (χ3v) is 13.3. The van der Waals surface area contributed by atoms with Crippen molar-refractivity contribution in [3.63, 3.8) is 0 Å². The van der Waals surface area contributed by atoms with Crippen LogP contribution in [-0.2, 0) is 35.6 Å². The molecule has 0 fully saturated rings. The molecular weight excluding hydrogens is 566 g/mol. The average Bonchev–Trinajstić information content (AvgIpc) is 2.54. The molecule has 36 heavy (non-hydrogen) atoms. The van der Waals surface area contributed by atoms with Crippen LogP contribution < -0.4 is 0 Å². The third kappa shape index (κ3) is 18.7. The Morgan fingerprint density at radius 1 is 0.667 bits per heavy atom. The van der Waals surface area contributed by atoms with E-state index < -0.39 is 67.7 Å². The summed E-state index contributed by atoms with van der Waals surface area (Å²) in [5.74, 6) is 0. The van der Waals surface area contributed by atoms with Gasteiger partial charge in [0.2, 0.25) is 0 Å². The number of oxime groups is 1. The molecule has 0 spiro atoms. The molecule has 0 bridgehead atoms. The summed E-state index contributed by atoms with van der Waals surface area (Å²) in [7, 11) is -13.1. The van der Waals surface area contributed by atoms with E-state index in [0.717, 1.165) is 0 Å². The van der Waals surface area contributed by atoms with Crippen molar-refractivity contribution in [2.24, 2.45) is 5.16 Å². The van der Waals surface area contributed by atoms with E-state index in [-0.39, 0.29) is 6.61 Å². The summed E-state index contributed by atoms with van der Waals surface area (Å²) in [6.45, 7) is 30.7. The van der Waals surface area contributed by atoms with Gasteiger partial charge in [-0.1, -0.05) is 5.16 Å². The molecular formula is C21H54NO8PSi5. The molecule has 0 N–H and O–H groups in total. The lowest BCUT2D eigenvalue weighted by atomic mass is 10.1. The summed E-state index contributed by atoms with van der Waals surface area (Å²) in [6, 6.07) is 0. The van der Waals surface area contributed by atoms with Gasteiger partial charge in [-0.2, -0.15) is 0 Å². The SMILES string of the molecule is CO/N=C/C(O[Si](C)(C)C)C(O[Si](C)(C)C)C(COP(=O)(O[Si](C)(C)C)O[Si](C)(C)C)O[Si](C)(C)C. The highest BCUT2D eigenvalue weighted by Crippen LogP contribution is 2.54. The predicted octanol–water partition coefficient (Wildman–Crippen LogP) is 7.11. The van der Waals surface area contributed by atoms with Crippen LogP contribution in [0.5, 0.6) is 0 Å². The van der Waals surface area contributed by atoms with Gasteiger partial charge in [0.25, 0.3) is 0 Å². The first kappa shape index (κ1) is 36.5. The van der Waals surface area contributed by atoms with Gasteiger partial charge in [-0.15, -0.1) is 0 Å². The second-order valence-corrected chi connectivity index (χ2v) is 38.2. The fourth-order valence-electron chi connectivity index (χ4n) is 3.03. The molecule has 0 aliphatic carbocycles. The number of nitrogens with zero attached hydrogens (tertiary/aromatic N) is 1. The number of rotatable bonds is 17. The zero-order chi connectivity index (χ0) is 28.8. The molecule has 0 aromatic rings. The van der Waals surface area contributed by atoms with Crippen molar-refractivity contribution in [3.8, 4) is 0 Å². The standard InChI is InChI=1S/C21H54NO8PSi5/c1-24-22-17-19(26-32(2,3)4)21(28-34(8,9)10)20(27-33(5,6)7)18-25-31(23,29-35(11,12)13)30-36(14,15)16/h17,19-21H,18H2,1-16H3/b22-17+. The van der Waals surface area contributed by atoms with Crippen LogP contribution in [0.2, 0.25) is 98.2 Å². The normalized spacial score (nSPS) is 17.3. The molecule has 0 aromatic heterocycles. The highest BCUT2D eigenvalue weighted by atomic mass is 31.2. The highest BCUT2D eigenvalue weighted by Gasteiger charge is 2.43. The maximum absolute atomic E-state index is 13.8. The molecule has 0 aliphatic rings. The van der Waals surface area contributed by atoms with Gasteiger partial charge in [-0.25, -0.2) is 4.57 Å². The smallest absolute Gasteiger partial charge is 0.410 e. The molecule has 0 saturated heterocycles. The fraction of sp³-hybridized carbons (Fsp3) is 0.952. The Bertz CT molecular complexity index is 719. The maximum atomic E-state index is 13.8. The molecule has 0 amide bonds. The molecule has 0 saturated carbocycles. The molecule has 0 rings (SSSR count). The number of phosphoric acid groups is 1. The van der Waals surface area contributed by atoms with E-state index in [1.165, 1.54) is 7.11 Å². The van der Waals surface area contributed by atoms with E-state index in [1.807, 2.05) is 39.3 Å². The molecule has 0 heterocycles. The second kappa shape index (κ2) is 13.7. The molecule has 9 nitrogen and oxygen atoms in total. The monoisotopic (exact) mass is 619 g/mol. The third-order valence-electron chi connectivity index (χ3n) is 3.66. The van der Waals surface area contributed by atoms with Crippen molar-refractivity contribution in [2.75, 3.05) is 13.7 Å². The van der Waals surface area contributed by atoms with Crippen molar-refractivity contribution >= 4 is 55.6 Å². The van der Waals surface area contributed by atoms with E-state index in [2.05, 4.69) is 64.1 Å². The van der Waals surface area contributed by atoms with Gasteiger partial charge in [0.05, 0.1) is 18.9 Å². The number of hydrogen-bond donors (Lipinski definition) is 0. The van der Waals surface area contributed by atoms with Gasteiger partial charge in [-0.3, -0.25) is 4.52 Å². The molecule has 3 unspecified atom stereocenters. The Morgan fingerprint density at radius 3 is 1.42 bits per heavy atom. The topological polar surface area (TPSA) is 94.0 Å². The fourth-order valence-corrected chi connectivity index (χ4v) is 12.9. The minimum atomic E-state index is -3.84. The average molecular weight is 620 g/mol. The Balaban J connectivity index is 6.50. The Hall–Kier alpha value is 0.544. The van der Waals surface area contributed by atoms with Crippen LogP contribution in [0.15, 0.2) is 5.16 Å². The van der Waals surface area contributed by atoms with Crippen molar-refractivity contribution in [1.82, 2.24) is 0 Å². The van der Waals surface area contributed by atoms with Crippen molar-refractivity contribution < 1.29 is 35.6 Å². The van der Waals surface area contributed by atoms with Crippen LogP contribution in [0.4, 0.5) is 0 Å². The minimum absolute atomic E-state index is 0.0297.